The zero-order valence-corrected chi connectivity index (χ0v) is 10.6. The normalized spacial score (nSPS) is 15.8. The van der Waals surface area contributed by atoms with Gasteiger partial charge in [-0.1, -0.05) is 38.9 Å². The predicted molar refractivity (Wildman–Crippen MR) is 61.3 cm³/mol. The molecular formula is C11H22OSi. The lowest BCUT2D eigenvalue weighted by molar-refractivity contribution is 0.197. The van der Waals surface area contributed by atoms with E-state index in [0.29, 0.717) is 0 Å². The Morgan fingerprint density at radius 3 is 2.23 bits per heavy atom. The standard InChI is InChI=1S/C11H22OSi/c1-6-7-8-9-10-11(2,12)13(3,4)5/h12H,6-8H2,1-5H3. The van der Waals surface area contributed by atoms with E-state index in [9.17, 15) is 5.11 Å². The van der Waals surface area contributed by atoms with E-state index in [1.54, 1.807) is 0 Å². The molecule has 1 unspecified atom stereocenters. The van der Waals surface area contributed by atoms with Crippen molar-refractivity contribution in [2.75, 3.05) is 0 Å². The molecule has 1 atom stereocenters. The van der Waals surface area contributed by atoms with Crippen LogP contribution in [0.5, 0.6) is 0 Å². The molecular weight excluding hydrogens is 176 g/mol. The highest BCUT2D eigenvalue weighted by Crippen LogP contribution is 2.18. The topological polar surface area (TPSA) is 20.2 Å². The molecule has 1 nitrogen and oxygen atoms in total. The fraction of sp³-hybridized carbons (Fsp3) is 0.818. The van der Waals surface area contributed by atoms with E-state index < -0.39 is 13.3 Å². The Morgan fingerprint density at radius 1 is 1.31 bits per heavy atom. The van der Waals surface area contributed by atoms with Gasteiger partial charge in [-0.05, 0) is 13.3 Å². The number of unbranched alkanes of at least 4 members (excludes halogenated alkanes) is 2. The van der Waals surface area contributed by atoms with Crippen molar-refractivity contribution in [2.24, 2.45) is 0 Å². The summed E-state index contributed by atoms with van der Waals surface area (Å²) in [6, 6.07) is 0. The van der Waals surface area contributed by atoms with Crippen LogP contribution >= 0.6 is 0 Å². The first-order chi connectivity index (χ1) is 5.81. The van der Waals surface area contributed by atoms with Crippen molar-refractivity contribution in [1.29, 1.82) is 0 Å². The summed E-state index contributed by atoms with van der Waals surface area (Å²) in [6.45, 7) is 10.4. The predicted octanol–water partition coefficient (Wildman–Crippen LogP) is 2.81. The van der Waals surface area contributed by atoms with E-state index in [0.717, 1.165) is 12.8 Å². The van der Waals surface area contributed by atoms with Gasteiger partial charge in [-0.2, -0.15) is 0 Å². The van der Waals surface area contributed by atoms with Crippen LogP contribution in [-0.4, -0.2) is 18.4 Å². The highest BCUT2D eigenvalue weighted by atomic mass is 28.3. The Labute approximate surface area is 83.6 Å². The van der Waals surface area contributed by atoms with Gasteiger partial charge in [0.05, 0.1) is 8.07 Å². The first kappa shape index (κ1) is 12.7. The van der Waals surface area contributed by atoms with Crippen molar-refractivity contribution in [1.82, 2.24) is 0 Å². The lowest BCUT2D eigenvalue weighted by Crippen LogP contribution is -2.48. The van der Waals surface area contributed by atoms with Crippen molar-refractivity contribution in [3.05, 3.63) is 0 Å². The van der Waals surface area contributed by atoms with E-state index in [1.165, 1.54) is 6.42 Å². The van der Waals surface area contributed by atoms with Gasteiger partial charge in [0.2, 0.25) is 0 Å². The molecule has 0 aliphatic rings. The molecule has 0 saturated heterocycles. The maximum absolute atomic E-state index is 10.0. The molecule has 13 heavy (non-hydrogen) atoms. The Morgan fingerprint density at radius 2 is 1.85 bits per heavy atom. The van der Waals surface area contributed by atoms with Crippen LogP contribution in [-0.2, 0) is 0 Å². The maximum atomic E-state index is 10.0. The SMILES string of the molecule is CCCCC#CC(C)(O)[Si](C)(C)C. The Kier molecular flexibility index (Phi) is 4.73. The molecule has 0 radical (unpaired) electrons. The zero-order valence-electron chi connectivity index (χ0n) is 9.57. The fourth-order valence-electron chi connectivity index (χ4n) is 0.687. The number of aliphatic hydroxyl groups is 1. The number of rotatable bonds is 3. The van der Waals surface area contributed by atoms with Crippen molar-refractivity contribution < 1.29 is 5.11 Å². The van der Waals surface area contributed by atoms with Crippen LogP contribution < -0.4 is 0 Å². The summed E-state index contributed by atoms with van der Waals surface area (Å²) in [5.41, 5.74) is 0. The summed E-state index contributed by atoms with van der Waals surface area (Å²) in [4.78, 5) is 0. The third kappa shape index (κ3) is 4.49. The van der Waals surface area contributed by atoms with Crippen LogP contribution in [0.4, 0.5) is 0 Å². The third-order valence-corrected chi connectivity index (χ3v) is 5.49. The molecule has 0 fully saturated rings. The first-order valence-corrected chi connectivity index (χ1v) is 8.53. The lowest BCUT2D eigenvalue weighted by atomic mass is 10.2. The molecule has 76 valence electrons. The van der Waals surface area contributed by atoms with Gasteiger partial charge in [0.25, 0.3) is 0 Å². The molecule has 0 amide bonds. The van der Waals surface area contributed by atoms with Gasteiger partial charge in [0.1, 0.15) is 5.22 Å². The van der Waals surface area contributed by atoms with E-state index >= 15 is 0 Å². The molecule has 1 N–H and O–H groups in total. The summed E-state index contributed by atoms with van der Waals surface area (Å²) in [7, 11) is -1.56. The molecule has 0 aromatic heterocycles. The largest absolute Gasteiger partial charge is 0.381 e. The van der Waals surface area contributed by atoms with E-state index in [-0.39, 0.29) is 0 Å². The molecule has 0 rings (SSSR count). The van der Waals surface area contributed by atoms with Gasteiger partial charge in [-0.15, -0.1) is 5.92 Å². The molecule has 0 spiro atoms. The Hall–Kier alpha value is -0.263. The van der Waals surface area contributed by atoms with E-state index in [1.807, 2.05) is 6.92 Å². The second-order valence-corrected chi connectivity index (χ2v) is 10.2. The van der Waals surface area contributed by atoms with Crippen LogP contribution in [0.15, 0.2) is 0 Å². The molecule has 0 aliphatic heterocycles. The summed E-state index contributed by atoms with van der Waals surface area (Å²) >= 11 is 0. The molecule has 0 aromatic carbocycles. The van der Waals surface area contributed by atoms with Crippen molar-refractivity contribution in [3.8, 4) is 11.8 Å². The summed E-state index contributed by atoms with van der Waals surface area (Å²) < 4.78 is 0. The Balaban J connectivity index is 4.21. The van der Waals surface area contributed by atoms with Crippen molar-refractivity contribution in [2.45, 2.75) is 58.0 Å². The summed E-state index contributed by atoms with van der Waals surface area (Å²) in [5, 5.41) is 9.30. The minimum Gasteiger partial charge on any atom is -0.381 e. The van der Waals surface area contributed by atoms with Crippen LogP contribution in [0.2, 0.25) is 19.6 Å². The van der Waals surface area contributed by atoms with Crippen molar-refractivity contribution >= 4 is 8.07 Å². The molecule has 2 heteroatoms. The average molecular weight is 198 g/mol. The quantitative estimate of drug-likeness (QED) is 0.420. The number of hydrogen-bond acceptors (Lipinski definition) is 1. The van der Waals surface area contributed by atoms with Gasteiger partial charge in [0, 0.05) is 6.42 Å². The molecule has 0 saturated carbocycles. The molecule has 0 heterocycles. The van der Waals surface area contributed by atoms with E-state index in [2.05, 4.69) is 38.4 Å². The monoisotopic (exact) mass is 198 g/mol. The minimum absolute atomic E-state index is 0.735. The Bertz CT molecular complexity index is 202. The lowest BCUT2D eigenvalue weighted by Gasteiger charge is -2.30. The molecule has 0 aliphatic carbocycles. The second kappa shape index (κ2) is 4.83. The van der Waals surface area contributed by atoms with Crippen molar-refractivity contribution in [3.63, 3.8) is 0 Å². The second-order valence-electron chi connectivity index (χ2n) is 4.73. The van der Waals surface area contributed by atoms with Gasteiger partial charge in [0.15, 0.2) is 0 Å². The smallest absolute Gasteiger partial charge is 0.109 e. The minimum atomic E-state index is -1.56. The van der Waals surface area contributed by atoms with Crippen LogP contribution in [0.25, 0.3) is 0 Å². The molecule has 0 aromatic rings. The highest BCUT2D eigenvalue weighted by molar-refractivity contribution is 6.79. The van der Waals surface area contributed by atoms with Gasteiger partial charge in [-0.25, -0.2) is 0 Å². The van der Waals surface area contributed by atoms with Crippen LogP contribution in [0.3, 0.4) is 0 Å². The fourth-order valence-corrected chi connectivity index (χ4v) is 1.15. The van der Waals surface area contributed by atoms with Crippen LogP contribution in [0.1, 0.15) is 33.1 Å². The third-order valence-electron chi connectivity index (χ3n) is 2.45. The van der Waals surface area contributed by atoms with Crippen LogP contribution in [0, 0.1) is 11.8 Å². The maximum Gasteiger partial charge on any atom is 0.109 e. The molecule has 0 bridgehead atoms. The van der Waals surface area contributed by atoms with Gasteiger partial charge in [-0.3, -0.25) is 0 Å². The van der Waals surface area contributed by atoms with E-state index in [4.69, 9.17) is 0 Å². The summed E-state index contributed by atoms with van der Waals surface area (Å²) in [6.07, 6.45) is 3.22. The van der Waals surface area contributed by atoms with Gasteiger partial charge >= 0.3 is 0 Å². The zero-order chi connectivity index (χ0) is 10.5. The van der Waals surface area contributed by atoms with Gasteiger partial charge < -0.3 is 5.11 Å². The highest BCUT2D eigenvalue weighted by Gasteiger charge is 2.35. The average Bonchev–Trinajstić information content (AvgIpc) is 1.96. The number of hydrogen-bond donors (Lipinski definition) is 1. The summed E-state index contributed by atoms with van der Waals surface area (Å²) in [5.74, 6) is 6.07. The first-order valence-electron chi connectivity index (χ1n) is 5.03.